The lowest BCUT2D eigenvalue weighted by atomic mass is 10.0. The normalized spacial score (nSPS) is 31.6. The number of hydrogen-bond donors (Lipinski definition) is 1. The van der Waals surface area contributed by atoms with E-state index < -0.39 is 17.9 Å². The maximum Gasteiger partial charge on any atom is 0.248 e. The SMILES string of the molecule is O=C(C1CCC(F)(F)C1)N1CC(O)C1. The number of β-amino-alcohol motifs (C(OH)–C–C–N with tert-alkyl or cyclic N) is 1. The molecule has 0 radical (unpaired) electrons. The standard InChI is InChI=1S/C9H13F2NO2/c10-9(11)2-1-6(3-9)8(14)12-4-7(13)5-12/h6-7,13H,1-5H2. The largest absolute Gasteiger partial charge is 0.389 e. The predicted molar refractivity (Wildman–Crippen MR) is 44.9 cm³/mol. The van der Waals surface area contributed by atoms with Crippen LogP contribution in [0.3, 0.4) is 0 Å². The Morgan fingerprint density at radius 2 is 2.07 bits per heavy atom. The molecule has 0 aromatic heterocycles. The number of aliphatic hydroxyl groups excluding tert-OH is 1. The zero-order chi connectivity index (χ0) is 10.3. The Kier molecular flexibility index (Phi) is 2.21. The lowest BCUT2D eigenvalue weighted by Gasteiger charge is -2.37. The fourth-order valence-corrected chi connectivity index (χ4v) is 2.05. The minimum absolute atomic E-state index is 0.181. The molecule has 3 nitrogen and oxygen atoms in total. The highest BCUT2D eigenvalue weighted by molar-refractivity contribution is 5.80. The van der Waals surface area contributed by atoms with Crippen molar-refractivity contribution in [1.82, 2.24) is 4.90 Å². The molecule has 0 bridgehead atoms. The van der Waals surface area contributed by atoms with Crippen LogP contribution >= 0.6 is 0 Å². The Morgan fingerprint density at radius 3 is 2.50 bits per heavy atom. The summed E-state index contributed by atoms with van der Waals surface area (Å²) in [6, 6.07) is 0. The number of nitrogens with zero attached hydrogens (tertiary/aromatic N) is 1. The first-order valence-corrected chi connectivity index (χ1v) is 4.83. The van der Waals surface area contributed by atoms with Crippen LogP contribution in [0.4, 0.5) is 8.78 Å². The van der Waals surface area contributed by atoms with E-state index in [1.165, 1.54) is 4.90 Å². The van der Waals surface area contributed by atoms with E-state index in [9.17, 15) is 13.6 Å². The Labute approximate surface area is 80.7 Å². The van der Waals surface area contributed by atoms with Crippen LogP contribution in [0.25, 0.3) is 0 Å². The second-order valence-corrected chi connectivity index (χ2v) is 4.19. The van der Waals surface area contributed by atoms with Gasteiger partial charge in [0.25, 0.3) is 0 Å². The molecule has 1 heterocycles. The van der Waals surface area contributed by atoms with E-state index in [0.29, 0.717) is 13.1 Å². The van der Waals surface area contributed by atoms with Crippen molar-refractivity contribution in [3.8, 4) is 0 Å². The van der Waals surface area contributed by atoms with E-state index in [0.717, 1.165) is 0 Å². The molecular weight excluding hydrogens is 192 g/mol. The topological polar surface area (TPSA) is 40.5 Å². The minimum Gasteiger partial charge on any atom is -0.389 e. The van der Waals surface area contributed by atoms with Gasteiger partial charge >= 0.3 is 0 Å². The van der Waals surface area contributed by atoms with Crippen molar-refractivity contribution in [2.75, 3.05) is 13.1 Å². The van der Waals surface area contributed by atoms with Gasteiger partial charge in [-0.05, 0) is 6.42 Å². The van der Waals surface area contributed by atoms with Crippen LogP contribution in [0.1, 0.15) is 19.3 Å². The Bertz CT molecular complexity index is 251. The Morgan fingerprint density at radius 1 is 1.43 bits per heavy atom. The maximum atomic E-state index is 12.8. The van der Waals surface area contributed by atoms with Crippen LogP contribution < -0.4 is 0 Å². The number of amides is 1. The van der Waals surface area contributed by atoms with Crippen molar-refractivity contribution < 1.29 is 18.7 Å². The van der Waals surface area contributed by atoms with Crippen LogP contribution in [0.2, 0.25) is 0 Å². The molecule has 0 aromatic carbocycles. The van der Waals surface area contributed by atoms with Gasteiger partial charge in [-0.2, -0.15) is 0 Å². The molecule has 1 saturated heterocycles. The van der Waals surface area contributed by atoms with Crippen LogP contribution in [0.15, 0.2) is 0 Å². The molecule has 2 fully saturated rings. The molecule has 2 aliphatic rings. The van der Waals surface area contributed by atoms with Gasteiger partial charge in [-0.3, -0.25) is 4.79 Å². The first kappa shape index (κ1) is 9.83. The molecule has 0 spiro atoms. The summed E-state index contributed by atoms with van der Waals surface area (Å²) in [7, 11) is 0. The summed E-state index contributed by atoms with van der Waals surface area (Å²) < 4.78 is 25.6. The molecule has 1 saturated carbocycles. The van der Waals surface area contributed by atoms with Crippen molar-refractivity contribution in [3.05, 3.63) is 0 Å². The molecular formula is C9H13F2NO2. The van der Waals surface area contributed by atoms with Gasteiger partial charge in [-0.25, -0.2) is 8.78 Å². The summed E-state index contributed by atoms with van der Waals surface area (Å²) >= 11 is 0. The molecule has 14 heavy (non-hydrogen) atoms. The van der Waals surface area contributed by atoms with Gasteiger partial charge in [-0.1, -0.05) is 0 Å². The van der Waals surface area contributed by atoms with Crippen LogP contribution in [0.5, 0.6) is 0 Å². The summed E-state index contributed by atoms with van der Waals surface area (Å²) in [4.78, 5) is 13.0. The molecule has 1 atom stereocenters. The number of likely N-dealkylation sites (tertiary alicyclic amines) is 1. The first-order valence-electron chi connectivity index (χ1n) is 4.83. The fourth-order valence-electron chi connectivity index (χ4n) is 2.05. The van der Waals surface area contributed by atoms with Gasteiger partial charge in [0.05, 0.1) is 6.10 Å². The lowest BCUT2D eigenvalue weighted by Crippen LogP contribution is -2.55. The van der Waals surface area contributed by atoms with E-state index in [-0.39, 0.29) is 25.2 Å². The number of alkyl halides is 2. The fraction of sp³-hybridized carbons (Fsp3) is 0.889. The molecule has 1 amide bonds. The zero-order valence-corrected chi connectivity index (χ0v) is 7.75. The second-order valence-electron chi connectivity index (χ2n) is 4.19. The highest BCUT2D eigenvalue weighted by atomic mass is 19.3. The van der Waals surface area contributed by atoms with Gasteiger partial charge in [0.1, 0.15) is 0 Å². The summed E-state index contributed by atoms with van der Waals surface area (Å²) in [6.45, 7) is 0.613. The molecule has 1 aliphatic heterocycles. The van der Waals surface area contributed by atoms with Gasteiger partial charge < -0.3 is 10.0 Å². The zero-order valence-electron chi connectivity index (χ0n) is 7.75. The van der Waals surface area contributed by atoms with E-state index in [4.69, 9.17) is 5.11 Å². The van der Waals surface area contributed by atoms with E-state index in [2.05, 4.69) is 0 Å². The van der Waals surface area contributed by atoms with Crippen molar-refractivity contribution in [3.63, 3.8) is 0 Å². The number of rotatable bonds is 1. The monoisotopic (exact) mass is 205 g/mol. The van der Waals surface area contributed by atoms with E-state index in [1.54, 1.807) is 0 Å². The Hall–Kier alpha value is -0.710. The van der Waals surface area contributed by atoms with Gasteiger partial charge in [0.15, 0.2) is 0 Å². The number of carbonyl (C=O) groups is 1. The van der Waals surface area contributed by atoms with Gasteiger partial charge in [0.2, 0.25) is 11.8 Å². The third kappa shape index (κ3) is 1.73. The smallest absolute Gasteiger partial charge is 0.248 e. The van der Waals surface area contributed by atoms with Crippen LogP contribution in [-0.4, -0.2) is 41.0 Å². The van der Waals surface area contributed by atoms with Gasteiger partial charge in [-0.15, -0.1) is 0 Å². The van der Waals surface area contributed by atoms with Gasteiger partial charge in [0, 0.05) is 31.8 Å². The summed E-state index contributed by atoms with van der Waals surface area (Å²) in [5.41, 5.74) is 0. The number of carbonyl (C=O) groups excluding carboxylic acids is 1. The summed E-state index contributed by atoms with van der Waals surface area (Å²) in [5.74, 6) is -3.41. The van der Waals surface area contributed by atoms with Crippen LogP contribution in [0, 0.1) is 5.92 Å². The number of halogens is 2. The summed E-state index contributed by atoms with van der Waals surface area (Å²) in [6.07, 6.45) is -0.683. The molecule has 2 rings (SSSR count). The molecule has 5 heteroatoms. The first-order chi connectivity index (χ1) is 6.48. The third-order valence-electron chi connectivity index (χ3n) is 2.93. The van der Waals surface area contributed by atoms with Crippen molar-refractivity contribution in [2.24, 2.45) is 5.92 Å². The number of hydrogen-bond acceptors (Lipinski definition) is 2. The molecule has 1 aliphatic carbocycles. The quantitative estimate of drug-likeness (QED) is 0.682. The lowest BCUT2D eigenvalue weighted by molar-refractivity contribution is -0.146. The second kappa shape index (κ2) is 3.15. The average Bonchev–Trinajstić information content (AvgIpc) is 2.39. The molecule has 1 unspecified atom stereocenters. The van der Waals surface area contributed by atoms with E-state index in [1.807, 2.05) is 0 Å². The summed E-state index contributed by atoms with van der Waals surface area (Å²) in [5, 5.41) is 8.97. The minimum atomic E-state index is -2.66. The Balaban J connectivity index is 1.88. The predicted octanol–water partition coefficient (Wildman–Crippen LogP) is 0.625. The van der Waals surface area contributed by atoms with Crippen molar-refractivity contribution in [1.29, 1.82) is 0 Å². The maximum absolute atomic E-state index is 12.8. The molecule has 1 N–H and O–H groups in total. The number of aliphatic hydroxyl groups is 1. The van der Waals surface area contributed by atoms with E-state index >= 15 is 0 Å². The molecule has 0 aromatic rings. The highest BCUT2D eigenvalue weighted by Crippen LogP contribution is 2.39. The molecule has 80 valence electrons. The highest BCUT2D eigenvalue weighted by Gasteiger charge is 2.45. The third-order valence-corrected chi connectivity index (χ3v) is 2.93. The van der Waals surface area contributed by atoms with Crippen LogP contribution in [-0.2, 0) is 4.79 Å². The van der Waals surface area contributed by atoms with Crippen molar-refractivity contribution in [2.45, 2.75) is 31.3 Å². The van der Waals surface area contributed by atoms with Crippen molar-refractivity contribution >= 4 is 5.91 Å². The average molecular weight is 205 g/mol.